The summed E-state index contributed by atoms with van der Waals surface area (Å²) in [6.07, 6.45) is 0. The number of anilines is 1. The van der Waals surface area contributed by atoms with Crippen molar-refractivity contribution >= 4 is 18.3 Å². The number of nitrogen functional groups attached to an aromatic ring is 1. The maximum atomic E-state index is 5.71. The van der Waals surface area contributed by atoms with E-state index < -0.39 is 7.12 Å². The third-order valence-electron chi connectivity index (χ3n) is 2.34. The SMILES string of the molecule is C=C1OB(c2ccc(N)c(OC)c2)OC1=C. The van der Waals surface area contributed by atoms with Crippen LogP contribution in [0.5, 0.6) is 5.75 Å². The van der Waals surface area contributed by atoms with Crippen LogP contribution in [0.25, 0.3) is 0 Å². The quantitative estimate of drug-likeness (QED) is 0.594. The molecule has 0 amide bonds. The second-order valence-electron chi connectivity index (χ2n) is 3.42. The van der Waals surface area contributed by atoms with Crippen molar-refractivity contribution < 1.29 is 14.0 Å². The lowest BCUT2D eigenvalue weighted by Gasteiger charge is -2.08. The molecule has 2 N–H and O–H groups in total. The summed E-state index contributed by atoms with van der Waals surface area (Å²) in [6.45, 7) is 7.34. The Morgan fingerprint density at radius 1 is 1.25 bits per heavy atom. The highest BCUT2D eigenvalue weighted by molar-refractivity contribution is 6.62. The highest BCUT2D eigenvalue weighted by atomic mass is 16.6. The minimum Gasteiger partial charge on any atom is -0.520 e. The standard InChI is InChI=1S/C11H12BNO3/c1-7-8(2)16-12(15-7)9-4-5-10(13)11(6-9)14-3/h4-6H,1-2,13H2,3H3. The highest BCUT2D eigenvalue weighted by Crippen LogP contribution is 2.23. The number of rotatable bonds is 2. The van der Waals surface area contributed by atoms with Crippen molar-refractivity contribution in [2.75, 3.05) is 12.8 Å². The van der Waals surface area contributed by atoms with Gasteiger partial charge in [0.05, 0.1) is 12.8 Å². The summed E-state index contributed by atoms with van der Waals surface area (Å²) in [6, 6.07) is 5.32. The summed E-state index contributed by atoms with van der Waals surface area (Å²) in [5, 5.41) is 0. The summed E-state index contributed by atoms with van der Waals surface area (Å²) in [5.74, 6) is 1.48. The molecule has 1 saturated heterocycles. The number of ether oxygens (including phenoxy) is 1. The lowest BCUT2D eigenvalue weighted by atomic mass is 9.79. The van der Waals surface area contributed by atoms with Crippen LogP contribution in [-0.2, 0) is 9.31 Å². The van der Waals surface area contributed by atoms with E-state index in [2.05, 4.69) is 13.2 Å². The molecule has 1 fully saturated rings. The van der Waals surface area contributed by atoms with Crippen LogP contribution in [0.15, 0.2) is 42.9 Å². The zero-order valence-corrected chi connectivity index (χ0v) is 9.03. The topological polar surface area (TPSA) is 53.7 Å². The average molecular weight is 217 g/mol. The molecule has 1 aromatic rings. The first kappa shape index (κ1) is 10.5. The van der Waals surface area contributed by atoms with E-state index in [1.165, 1.54) is 0 Å². The van der Waals surface area contributed by atoms with Crippen molar-refractivity contribution in [1.29, 1.82) is 0 Å². The molecule has 0 radical (unpaired) electrons. The van der Waals surface area contributed by atoms with E-state index in [1.807, 2.05) is 6.07 Å². The zero-order chi connectivity index (χ0) is 11.7. The molecule has 0 atom stereocenters. The van der Waals surface area contributed by atoms with Gasteiger partial charge in [0.2, 0.25) is 0 Å². The zero-order valence-electron chi connectivity index (χ0n) is 9.03. The van der Waals surface area contributed by atoms with E-state index >= 15 is 0 Å². The minimum atomic E-state index is -0.519. The minimum absolute atomic E-state index is 0.445. The Labute approximate surface area is 94.4 Å². The number of hydrogen-bond acceptors (Lipinski definition) is 4. The largest absolute Gasteiger partial charge is 0.632 e. The molecule has 0 spiro atoms. The van der Waals surface area contributed by atoms with Gasteiger partial charge in [-0.3, -0.25) is 0 Å². The van der Waals surface area contributed by atoms with E-state index in [9.17, 15) is 0 Å². The predicted molar refractivity (Wildman–Crippen MR) is 63.2 cm³/mol. The average Bonchev–Trinajstić information content (AvgIpc) is 2.60. The third-order valence-corrected chi connectivity index (χ3v) is 2.34. The van der Waals surface area contributed by atoms with Crippen molar-refractivity contribution in [2.45, 2.75) is 0 Å². The monoisotopic (exact) mass is 217 g/mol. The normalized spacial score (nSPS) is 14.7. The van der Waals surface area contributed by atoms with Crippen LogP contribution in [0.3, 0.4) is 0 Å². The van der Waals surface area contributed by atoms with Crippen molar-refractivity contribution in [3.63, 3.8) is 0 Å². The molecule has 0 saturated carbocycles. The van der Waals surface area contributed by atoms with E-state index in [0.717, 1.165) is 5.46 Å². The molecule has 1 aliphatic rings. The first-order chi connectivity index (χ1) is 7.61. The van der Waals surface area contributed by atoms with Crippen LogP contribution in [0.4, 0.5) is 5.69 Å². The Hall–Kier alpha value is -2.04. The van der Waals surface area contributed by atoms with E-state index in [1.54, 1.807) is 19.2 Å². The van der Waals surface area contributed by atoms with Gasteiger partial charge in [0, 0.05) is 5.46 Å². The molecule has 0 aromatic heterocycles. The fourth-order valence-electron chi connectivity index (χ4n) is 1.42. The molecule has 5 heteroatoms. The first-order valence-electron chi connectivity index (χ1n) is 4.76. The summed E-state index contributed by atoms with van der Waals surface area (Å²) < 4.78 is 15.9. The van der Waals surface area contributed by atoms with Gasteiger partial charge in [-0.2, -0.15) is 0 Å². The lowest BCUT2D eigenvalue weighted by Crippen LogP contribution is -2.31. The lowest BCUT2D eigenvalue weighted by molar-refractivity contribution is 0.415. The molecule has 1 heterocycles. The molecule has 0 unspecified atom stereocenters. The van der Waals surface area contributed by atoms with E-state index in [4.69, 9.17) is 19.8 Å². The Kier molecular flexibility index (Phi) is 2.52. The van der Waals surface area contributed by atoms with E-state index in [0.29, 0.717) is 23.0 Å². The molecular weight excluding hydrogens is 205 g/mol. The maximum absolute atomic E-state index is 5.71. The molecule has 82 valence electrons. The number of hydrogen-bond donors (Lipinski definition) is 1. The molecule has 1 aliphatic heterocycles. The highest BCUT2D eigenvalue weighted by Gasteiger charge is 2.34. The van der Waals surface area contributed by atoms with Gasteiger partial charge in [-0.25, -0.2) is 0 Å². The van der Waals surface area contributed by atoms with Crippen LogP contribution in [0.1, 0.15) is 0 Å². The van der Waals surface area contributed by atoms with Gasteiger partial charge < -0.3 is 19.8 Å². The summed E-state index contributed by atoms with van der Waals surface area (Å²) in [7, 11) is 1.04. The number of benzene rings is 1. The van der Waals surface area contributed by atoms with Gasteiger partial charge in [0.15, 0.2) is 0 Å². The fourth-order valence-corrected chi connectivity index (χ4v) is 1.42. The van der Waals surface area contributed by atoms with Gasteiger partial charge in [-0.05, 0) is 12.1 Å². The molecule has 2 rings (SSSR count). The second kappa shape index (κ2) is 3.85. The van der Waals surface area contributed by atoms with Gasteiger partial charge in [-0.15, -0.1) is 0 Å². The van der Waals surface area contributed by atoms with Crippen LogP contribution in [0.2, 0.25) is 0 Å². The molecule has 1 aromatic carbocycles. The third kappa shape index (κ3) is 1.71. The maximum Gasteiger partial charge on any atom is 0.632 e. The van der Waals surface area contributed by atoms with Gasteiger partial charge in [-0.1, -0.05) is 19.2 Å². The van der Waals surface area contributed by atoms with Crippen LogP contribution < -0.4 is 15.9 Å². The van der Waals surface area contributed by atoms with Crippen molar-refractivity contribution in [3.05, 3.63) is 42.9 Å². The van der Waals surface area contributed by atoms with Crippen LogP contribution in [0, 0.1) is 0 Å². The number of nitrogens with two attached hydrogens (primary N) is 1. The van der Waals surface area contributed by atoms with Crippen molar-refractivity contribution in [1.82, 2.24) is 0 Å². The molecule has 0 aliphatic carbocycles. The van der Waals surface area contributed by atoms with Crippen molar-refractivity contribution in [2.24, 2.45) is 0 Å². The fraction of sp³-hybridized carbons (Fsp3) is 0.0909. The summed E-state index contributed by atoms with van der Waals surface area (Å²) in [4.78, 5) is 0. The molecule has 0 bridgehead atoms. The van der Waals surface area contributed by atoms with Crippen LogP contribution in [-0.4, -0.2) is 14.2 Å². The smallest absolute Gasteiger partial charge is 0.520 e. The van der Waals surface area contributed by atoms with Gasteiger partial charge in [0.25, 0.3) is 0 Å². The van der Waals surface area contributed by atoms with Gasteiger partial charge >= 0.3 is 7.12 Å². The molecule has 16 heavy (non-hydrogen) atoms. The van der Waals surface area contributed by atoms with Gasteiger partial charge in [0.1, 0.15) is 17.3 Å². The Bertz CT molecular complexity index is 443. The Morgan fingerprint density at radius 3 is 2.44 bits per heavy atom. The second-order valence-corrected chi connectivity index (χ2v) is 3.42. The summed E-state index contributed by atoms with van der Waals surface area (Å²) in [5.41, 5.74) is 7.09. The Morgan fingerprint density at radius 2 is 1.88 bits per heavy atom. The molecule has 4 nitrogen and oxygen atoms in total. The van der Waals surface area contributed by atoms with Crippen LogP contribution >= 0.6 is 0 Å². The molecular formula is C11H12BNO3. The van der Waals surface area contributed by atoms with E-state index in [-0.39, 0.29) is 0 Å². The van der Waals surface area contributed by atoms with Crippen molar-refractivity contribution in [3.8, 4) is 5.75 Å². The predicted octanol–water partition coefficient (Wildman–Crippen LogP) is 1.05. The Balaban J connectivity index is 2.28. The number of methoxy groups -OCH3 is 1. The first-order valence-corrected chi connectivity index (χ1v) is 4.76. The summed E-state index contributed by atoms with van der Waals surface area (Å²) >= 11 is 0.